The van der Waals surface area contributed by atoms with Gasteiger partial charge >= 0.3 is 0 Å². The maximum Gasteiger partial charge on any atom is 0.262 e. The monoisotopic (exact) mass is 474 g/mol. The summed E-state index contributed by atoms with van der Waals surface area (Å²) in [6.45, 7) is 1.70. The van der Waals surface area contributed by atoms with Crippen molar-refractivity contribution in [1.82, 2.24) is 9.88 Å². The Morgan fingerprint density at radius 1 is 0.941 bits per heavy atom. The molecule has 1 amide bonds. The zero-order valence-electron chi connectivity index (χ0n) is 18.8. The topological polar surface area (TPSA) is 77.4 Å². The fourth-order valence-corrected chi connectivity index (χ4v) is 4.05. The third-order valence-electron chi connectivity index (χ3n) is 5.72. The summed E-state index contributed by atoms with van der Waals surface area (Å²) in [5, 5.41) is 3.98. The molecule has 0 radical (unpaired) electrons. The number of carbonyl (C=O) groups excluding carboxylic acids is 3. The van der Waals surface area contributed by atoms with Crippen molar-refractivity contribution in [2.45, 2.75) is 13.3 Å². The molecule has 0 atom stereocenters. The number of hydrogen-bond acceptors (Lipinski definition) is 4. The molecule has 0 aliphatic rings. The van der Waals surface area contributed by atoms with Crippen molar-refractivity contribution < 1.29 is 19.1 Å². The summed E-state index contributed by atoms with van der Waals surface area (Å²) < 4.78 is 6.96. The van der Waals surface area contributed by atoms with E-state index in [9.17, 15) is 14.4 Å². The summed E-state index contributed by atoms with van der Waals surface area (Å²) in [6, 6.07) is 20.8. The van der Waals surface area contributed by atoms with Gasteiger partial charge in [0.15, 0.2) is 5.78 Å². The minimum Gasteiger partial charge on any atom is -0.497 e. The van der Waals surface area contributed by atoms with Crippen molar-refractivity contribution in [2.24, 2.45) is 0 Å². The number of aromatic nitrogens is 1. The maximum atomic E-state index is 13.4. The van der Waals surface area contributed by atoms with Crippen LogP contribution in [0.25, 0.3) is 10.9 Å². The largest absolute Gasteiger partial charge is 0.497 e. The number of hydrogen-bond donors (Lipinski definition) is 1. The van der Waals surface area contributed by atoms with Crippen LogP contribution < -0.4 is 10.1 Å². The van der Waals surface area contributed by atoms with Gasteiger partial charge in [-0.3, -0.25) is 19.0 Å². The fraction of sp³-hybridized carbons (Fsp3) is 0.148. The predicted octanol–water partition coefficient (Wildman–Crippen LogP) is 4.84. The summed E-state index contributed by atoms with van der Waals surface area (Å²) in [4.78, 5) is 38.5. The summed E-state index contributed by atoms with van der Waals surface area (Å²) in [5.74, 6) is -0.0966. The van der Waals surface area contributed by atoms with Gasteiger partial charge in [0.2, 0.25) is 5.91 Å². The SMILES string of the molecule is COc1ccc2c(c1)c(CC(=O)NCC(=O)c1ccccc1)c(C)n2C(=O)c1ccc(Cl)cc1. The highest BCUT2D eigenvalue weighted by Gasteiger charge is 2.22. The Balaban J connectivity index is 1.64. The van der Waals surface area contributed by atoms with Gasteiger partial charge < -0.3 is 10.1 Å². The van der Waals surface area contributed by atoms with E-state index in [0.29, 0.717) is 38.7 Å². The number of ether oxygens (including phenoxy) is 1. The first-order chi connectivity index (χ1) is 16.4. The van der Waals surface area contributed by atoms with E-state index in [2.05, 4.69) is 5.32 Å². The van der Waals surface area contributed by atoms with E-state index in [4.69, 9.17) is 16.3 Å². The average molecular weight is 475 g/mol. The summed E-state index contributed by atoms with van der Waals surface area (Å²) >= 11 is 5.97. The van der Waals surface area contributed by atoms with Crippen LogP contribution in [-0.4, -0.2) is 35.8 Å². The Labute approximate surface area is 202 Å². The van der Waals surface area contributed by atoms with Gasteiger partial charge in [-0.1, -0.05) is 41.9 Å². The summed E-state index contributed by atoms with van der Waals surface area (Å²) in [5.41, 5.74) is 3.02. The average Bonchev–Trinajstić information content (AvgIpc) is 3.13. The number of Topliss-reactive ketones (excluding diaryl/α,β-unsaturated/α-hetero) is 1. The number of amides is 1. The van der Waals surface area contributed by atoms with Crippen LogP contribution in [0.15, 0.2) is 72.8 Å². The lowest BCUT2D eigenvalue weighted by Crippen LogP contribution is -2.31. The number of halogens is 1. The second kappa shape index (κ2) is 9.93. The van der Waals surface area contributed by atoms with E-state index in [1.807, 2.05) is 12.1 Å². The molecule has 4 aromatic rings. The lowest BCUT2D eigenvalue weighted by atomic mass is 10.1. The van der Waals surface area contributed by atoms with Gasteiger partial charge in [-0.15, -0.1) is 0 Å². The van der Waals surface area contributed by atoms with E-state index in [1.165, 1.54) is 0 Å². The Bertz CT molecular complexity index is 1380. The fourth-order valence-electron chi connectivity index (χ4n) is 3.92. The standard InChI is InChI=1S/C27H23ClN2O4/c1-17-22(15-26(32)29-16-25(31)18-6-4-3-5-7-18)23-14-21(34-2)12-13-24(23)30(17)27(33)19-8-10-20(28)11-9-19/h3-14H,15-16H2,1-2H3,(H,29,32). The second-order valence-corrected chi connectivity index (χ2v) is 8.27. The van der Waals surface area contributed by atoms with Gasteiger partial charge in [-0.2, -0.15) is 0 Å². The maximum absolute atomic E-state index is 13.4. The van der Waals surface area contributed by atoms with E-state index in [0.717, 1.165) is 5.39 Å². The van der Waals surface area contributed by atoms with Crippen molar-refractivity contribution in [3.8, 4) is 5.75 Å². The van der Waals surface area contributed by atoms with Crippen molar-refractivity contribution in [3.63, 3.8) is 0 Å². The molecular weight excluding hydrogens is 452 g/mol. The third-order valence-corrected chi connectivity index (χ3v) is 5.97. The van der Waals surface area contributed by atoms with Crippen LogP contribution in [0.4, 0.5) is 0 Å². The molecule has 4 rings (SSSR count). The molecule has 0 saturated heterocycles. The molecule has 0 unspecified atom stereocenters. The molecule has 6 nitrogen and oxygen atoms in total. The molecule has 0 fully saturated rings. The summed E-state index contributed by atoms with van der Waals surface area (Å²) in [7, 11) is 1.56. The number of rotatable bonds is 7. The van der Waals surface area contributed by atoms with Crippen LogP contribution in [0.3, 0.4) is 0 Å². The summed E-state index contributed by atoms with van der Waals surface area (Å²) in [6.07, 6.45) is 0.0124. The Hall–Kier alpha value is -3.90. The molecule has 34 heavy (non-hydrogen) atoms. The normalized spacial score (nSPS) is 10.8. The zero-order chi connectivity index (χ0) is 24.2. The molecule has 1 aromatic heterocycles. The lowest BCUT2D eigenvalue weighted by Gasteiger charge is -2.08. The quantitative estimate of drug-likeness (QED) is 0.389. The van der Waals surface area contributed by atoms with E-state index < -0.39 is 0 Å². The molecule has 0 bridgehead atoms. The molecule has 0 saturated carbocycles. The molecule has 1 N–H and O–H groups in total. The highest BCUT2D eigenvalue weighted by molar-refractivity contribution is 6.30. The Morgan fingerprint density at radius 3 is 2.32 bits per heavy atom. The van der Waals surface area contributed by atoms with Crippen LogP contribution in [-0.2, 0) is 11.2 Å². The van der Waals surface area contributed by atoms with Gasteiger partial charge in [0.1, 0.15) is 5.75 Å². The highest BCUT2D eigenvalue weighted by Crippen LogP contribution is 2.30. The van der Waals surface area contributed by atoms with E-state index in [-0.39, 0.29) is 30.6 Å². The number of ketones is 1. The number of methoxy groups -OCH3 is 1. The van der Waals surface area contributed by atoms with E-state index >= 15 is 0 Å². The molecule has 1 heterocycles. The van der Waals surface area contributed by atoms with Gasteiger partial charge in [-0.05, 0) is 55.0 Å². The van der Waals surface area contributed by atoms with Crippen molar-refractivity contribution in [1.29, 1.82) is 0 Å². The first-order valence-electron chi connectivity index (χ1n) is 10.7. The second-order valence-electron chi connectivity index (χ2n) is 7.84. The Kier molecular flexibility index (Phi) is 6.80. The number of fused-ring (bicyclic) bond motifs is 1. The first-order valence-corrected chi connectivity index (χ1v) is 11.1. The number of benzene rings is 3. The molecular formula is C27H23ClN2O4. The molecule has 3 aromatic carbocycles. The molecule has 7 heteroatoms. The smallest absolute Gasteiger partial charge is 0.262 e. The van der Waals surface area contributed by atoms with Gasteiger partial charge in [-0.25, -0.2) is 0 Å². The van der Waals surface area contributed by atoms with Crippen LogP contribution in [0.1, 0.15) is 32.0 Å². The van der Waals surface area contributed by atoms with Gasteiger partial charge in [0.05, 0.1) is 25.6 Å². The minimum absolute atomic E-state index is 0.0124. The van der Waals surface area contributed by atoms with Crippen LogP contribution in [0, 0.1) is 6.92 Å². The Morgan fingerprint density at radius 2 is 1.65 bits per heavy atom. The minimum atomic E-state index is -0.312. The van der Waals surface area contributed by atoms with Crippen LogP contribution >= 0.6 is 11.6 Å². The molecule has 0 aliphatic heterocycles. The van der Waals surface area contributed by atoms with E-state index in [1.54, 1.807) is 79.3 Å². The number of carbonyl (C=O) groups is 3. The van der Waals surface area contributed by atoms with Gasteiger partial charge in [0.25, 0.3) is 5.91 Å². The zero-order valence-corrected chi connectivity index (χ0v) is 19.6. The first kappa shape index (κ1) is 23.3. The van der Waals surface area contributed by atoms with Crippen molar-refractivity contribution in [2.75, 3.05) is 13.7 Å². The van der Waals surface area contributed by atoms with Crippen LogP contribution in [0.5, 0.6) is 5.75 Å². The molecule has 0 aliphatic carbocycles. The highest BCUT2D eigenvalue weighted by atomic mass is 35.5. The van der Waals surface area contributed by atoms with Crippen molar-refractivity contribution in [3.05, 3.63) is 100 Å². The predicted molar refractivity (Wildman–Crippen MR) is 132 cm³/mol. The lowest BCUT2D eigenvalue weighted by molar-refractivity contribution is -0.120. The molecule has 0 spiro atoms. The van der Waals surface area contributed by atoms with Crippen LogP contribution in [0.2, 0.25) is 5.02 Å². The molecule has 172 valence electrons. The number of nitrogens with zero attached hydrogens (tertiary/aromatic N) is 1. The third kappa shape index (κ3) is 4.72. The van der Waals surface area contributed by atoms with Gasteiger partial charge in [0, 0.05) is 27.2 Å². The number of nitrogens with one attached hydrogen (secondary N) is 1. The van der Waals surface area contributed by atoms with Crippen molar-refractivity contribution >= 4 is 40.1 Å².